The van der Waals surface area contributed by atoms with Gasteiger partial charge in [0.15, 0.2) is 5.96 Å². The first kappa shape index (κ1) is 16.7. The Hall–Kier alpha value is -1.31. The number of hydrogen-bond acceptors (Lipinski definition) is 2. The average Bonchev–Trinajstić information content (AvgIpc) is 2.36. The van der Waals surface area contributed by atoms with Gasteiger partial charge in [-0.1, -0.05) is 19.1 Å². The molecular formula is C12H19IN4O. The van der Waals surface area contributed by atoms with Gasteiger partial charge in [-0.15, -0.1) is 24.0 Å². The SMILES string of the molecule is CCc1cccc(NC(=O)CNC(N)=NC)c1.I. The summed E-state index contributed by atoms with van der Waals surface area (Å²) in [6, 6.07) is 7.75. The molecule has 0 aliphatic rings. The number of anilines is 1. The zero-order valence-corrected chi connectivity index (χ0v) is 12.9. The molecule has 0 bridgehead atoms. The van der Waals surface area contributed by atoms with Crippen LogP contribution in [0.25, 0.3) is 0 Å². The first-order valence-electron chi connectivity index (χ1n) is 5.50. The highest BCUT2D eigenvalue weighted by Gasteiger charge is 2.02. The van der Waals surface area contributed by atoms with Crippen LogP contribution in [0.1, 0.15) is 12.5 Å². The van der Waals surface area contributed by atoms with Gasteiger partial charge in [0.1, 0.15) is 0 Å². The maximum Gasteiger partial charge on any atom is 0.243 e. The second kappa shape index (κ2) is 8.73. The number of aliphatic imine (C=N–C) groups is 1. The summed E-state index contributed by atoms with van der Waals surface area (Å²) in [7, 11) is 1.56. The second-order valence-corrected chi connectivity index (χ2v) is 3.56. The number of carbonyl (C=O) groups is 1. The van der Waals surface area contributed by atoms with E-state index in [1.54, 1.807) is 7.05 Å². The predicted molar refractivity (Wildman–Crippen MR) is 85.4 cm³/mol. The van der Waals surface area contributed by atoms with Crippen LogP contribution in [0.5, 0.6) is 0 Å². The van der Waals surface area contributed by atoms with Crippen molar-refractivity contribution in [3.63, 3.8) is 0 Å². The van der Waals surface area contributed by atoms with Crippen molar-refractivity contribution in [2.75, 3.05) is 18.9 Å². The van der Waals surface area contributed by atoms with Crippen LogP contribution in [0, 0.1) is 0 Å². The van der Waals surface area contributed by atoms with E-state index < -0.39 is 0 Å². The lowest BCUT2D eigenvalue weighted by molar-refractivity contribution is -0.115. The minimum atomic E-state index is -0.148. The Balaban J connectivity index is 0.00000289. The second-order valence-electron chi connectivity index (χ2n) is 3.56. The van der Waals surface area contributed by atoms with E-state index in [9.17, 15) is 4.79 Å². The van der Waals surface area contributed by atoms with Crippen LogP contribution in [0.3, 0.4) is 0 Å². The Kier molecular flexibility index (Phi) is 8.10. The molecule has 0 spiro atoms. The van der Waals surface area contributed by atoms with E-state index in [0.717, 1.165) is 12.1 Å². The van der Waals surface area contributed by atoms with Gasteiger partial charge in [-0.05, 0) is 24.1 Å². The van der Waals surface area contributed by atoms with Gasteiger partial charge in [0.2, 0.25) is 5.91 Å². The minimum absolute atomic E-state index is 0. The van der Waals surface area contributed by atoms with E-state index in [0.29, 0.717) is 0 Å². The Morgan fingerprint density at radius 3 is 2.78 bits per heavy atom. The molecule has 18 heavy (non-hydrogen) atoms. The molecule has 0 aliphatic heterocycles. The number of halogens is 1. The molecule has 0 fully saturated rings. The first-order valence-corrected chi connectivity index (χ1v) is 5.50. The molecule has 4 N–H and O–H groups in total. The lowest BCUT2D eigenvalue weighted by atomic mass is 10.1. The third-order valence-electron chi connectivity index (χ3n) is 2.29. The molecule has 100 valence electrons. The number of guanidine groups is 1. The number of nitrogens with zero attached hydrogens (tertiary/aromatic N) is 1. The zero-order chi connectivity index (χ0) is 12.7. The molecule has 0 heterocycles. The number of amides is 1. The molecule has 0 saturated heterocycles. The number of aryl methyl sites for hydroxylation is 1. The normalized spacial score (nSPS) is 10.4. The third-order valence-corrected chi connectivity index (χ3v) is 2.29. The Labute approximate surface area is 124 Å². The maximum absolute atomic E-state index is 11.5. The quantitative estimate of drug-likeness (QED) is 0.430. The van der Waals surface area contributed by atoms with Gasteiger partial charge in [-0.2, -0.15) is 0 Å². The van der Waals surface area contributed by atoms with Gasteiger partial charge in [-0.3, -0.25) is 9.79 Å². The number of carbonyl (C=O) groups excluding carboxylic acids is 1. The summed E-state index contributed by atoms with van der Waals surface area (Å²) in [5.41, 5.74) is 7.40. The van der Waals surface area contributed by atoms with E-state index in [4.69, 9.17) is 5.73 Å². The van der Waals surface area contributed by atoms with Crippen LogP contribution in [-0.4, -0.2) is 25.5 Å². The first-order chi connectivity index (χ1) is 8.15. The van der Waals surface area contributed by atoms with Gasteiger partial charge in [0.25, 0.3) is 0 Å². The van der Waals surface area contributed by atoms with E-state index in [1.165, 1.54) is 5.56 Å². The third kappa shape index (κ3) is 5.85. The maximum atomic E-state index is 11.5. The topological polar surface area (TPSA) is 79.5 Å². The molecule has 0 atom stereocenters. The molecule has 1 rings (SSSR count). The monoisotopic (exact) mass is 362 g/mol. The molecule has 6 heteroatoms. The van der Waals surface area contributed by atoms with Crippen molar-refractivity contribution in [2.45, 2.75) is 13.3 Å². The fourth-order valence-corrected chi connectivity index (χ4v) is 1.32. The summed E-state index contributed by atoms with van der Waals surface area (Å²) < 4.78 is 0. The predicted octanol–water partition coefficient (Wildman–Crippen LogP) is 1.34. The summed E-state index contributed by atoms with van der Waals surface area (Å²) in [5, 5.41) is 5.48. The Morgan fingerprint density at radius 2 is 2.17 bits per heavy atom. The van der Waals surface area contributed by atoms with Crippen molar-refractivity contribution >= 4 is 41.5 Å². The van der Waals surface area contributed by atoms with Crippen molar-refractivity contribution in [2.24, 2.45) is 10.7 Å². The average molecular weight is 362 g/mol. The van der Waals surface area contributed by atoms with Gasteiger partial charge >= 0.3 is 0 Å². The van der Waals surface area contributed by atoms with Crippen LogP contribution in [0.2, 0.25) is 0 Å². The summed E-state index contributed by atoms with van der Waals surface area (Å²) in [6.07, 6.45) is 0.942. The lowest BCUT2D eigenvalue weighted by Crippen LogP contribution is -2.37. The Bertz CT molecular complexity index is 420. The molecule has 0 saturated carbocycles. The smallest absolute Gasteiger partial charge is 0.243 e. The van der Waals surface area contributed by atoms with Crippen molar-refractivity contribution in [3.05, 3.63) is 29.8 Å². The number of nitrogens with one attached hydrogen (secondary N) is 2. The van der Waals surface area contributed by atoms with Crippen LogP contribution in [-0.2, 0) is 11.2 Å². The van der Waals surface area contributed by atoms with Crippen molar-refractivity contribution in [1.29, 1.82) is 0 Å². The summed E-state index contributed by atoms with van der Waals surface area (Å²) in [6.45, 7) is 2.18. The van der Waals surface area contributed by atoms with Gasteiger partial charge in [0.05, 0.1) is 6.54 Å². The van der Waals surface area contributed by atoms with Crippen molar-refractivity contribution in [3.8, 4) is 0 Å². The molecule has 0 unspecified atom stereocenters. The van der Waals surface area contributed by atoms with Gasteiger partial charge in [0, 0.05) is 12.7 Å². The van der Waals surface area contributed by atoms with Crippen LogP contribution < -0.4 is 16.4 Å². The molecule has 5 nitrogen and oxygen atoms in total. The number of nitrogens with two attached hydrogens (primary N) is 1. The summed E-state index contributed by atoms with van der Waals surface area (Å²) in [5.74, 6) is 0.104. The number of rotatable bonds is 4. The van der Waals surface area contributed by atoms with E-state index >= 15 is 0 Å². The number of hydrogen-bond donors (Lipinski definition) is 3. The number of benzene rings is 1. The fraction of sp³-hybridized carbons (Fsp3) is 0.333. The molecule has 1 aromatic carbocycles. The molecule has 0 radical (unpaired) electrons. The van der Waals surface area contributed by atoms with Crippen molar-refractivity contribution < 1.29 is 4.79 Å². The van der Waals surface area contributed by atoms with Crippen LogP contribution in [0.15, 0.2) is 29.3 Å². The van der Waals surface area contributed by atoms with Crippen molar-refractivity contribution in [1.82, 2.24) is 5.32 Å². The molecule has 1 aromatic rings. The standard InChI is InChI=1S/C12H18N4O.HI/c1-3-9-5-4-6-10(7-9)16-11(17)8-15-12(13)14-2;/h4-7H,3,8H2,1-2H3,(H,16,17)(H3,13,14,15);1H. The van der Waals surface area contributed by atoms with E-state index in [2.05, 4.69) is 22.5 Å². The fourth-order valence-electron chi connectivity index (χ4n) is 1.32. The molecular weight excluding hydrogens is 343 g/mol. The van der Waals surface area contributed by atoms with E-state index in [-0.39, 0.29) is 42.4 Å². The van der Waals surface area contributed by atoms with E-state index in [1.807, 2.05) is 24.3 Å². The highest BCUT2D eigenvalue weighted by Crippen LogP contribution is 2.10. The summed E-state index contributed by atoms with van der Waals surface area (Å²) >= 11 is 0. The molecule has 1 amide bonds. The minimum Gasteiger partial charge on any atom is -0.370 e. The largest absolute Gasteiger partial charge is 0.370 e. The summed E-state index contributed by atoms with van der Waals surface area (Å²) in [4.78, 5) is 15.2. The van der Waals surface area contributed by atoms with Crippen LogP contribution >= 0.6 is 24.0 Å². The van der Waals surface area contributed by atoms with Gasteiger partial charge < -0.3 is 16.4 Å². The van der Waals surface area contributed by atoms with Crippen LogP contribution in [0.4, 0.5) is 5.69 Å². The molecule has 0 aromatic heterocycles. The van der Waals surface area contributed by atoms with Gasteiger partial charge in [-0.25, -0.2) is 0 Å². The highest BCUT2D eigenvalue weighted by molar-refractivity contribution is 14.0. The highest BCUT2D eigenvalue weighted by atomic mass is 127. The molecule has 0 aliphatic carbocycles. The lowest BCUT2D eigenvalue weighted by Gasteiger charge is -2.07. The Morgan fingerprint density at radius 1 is 1.44 bits per heavy atom. The zero-order valence-electron chi connectivity index (χ0n) is 10.6.